The molecule has 1 aromatic rings. The van der Waals surface area contributed by atoms with E-state index in [1.54, 1.807) is 14.2 Å². The largest absolute Gasteiger partial charge is 0.496 e. The van der Waals surface area contributed by atoms with Crippen molar-refractivity contribution in [2.24, 2.45) is 0 Å². The molecule has 0 unspecified atom stereocenters. The van der Waals surface area contributed by atoms with Gasteiger partial charge in [0.25, 0.3) is 0 Å². The Kier molecular flexibility index (Phi) is 3.43. The number of rotatable bonds is 3. The Labute approximate surface area is 83.4 Å². The number of hydrogen-bond acceptors (Lipinski definition) is 2. The zero-order chi connectivity index (χ0) is 9.84. The van der Waals surface area contributed by atoms with Gasteiger partial charge in [0, 0.05) is 11.1 Å². The third kappa shape index (κ3) is 1.89. The molecule has 2 nitrogen and oxygen atoms in total. The van der Waals surface area contributed by atoms with Crippen molar-refractivity contribution in [2.45, 2.75) is 12.8 Å². The Bertz CT molecular complexity index is 297. The number of halogens is 1. The molecular weight excluding hydrogens is 188 g/mol. The smallest absolute Gasteiger partial charge is 0.129 e. The highest BCUT2D eigenvalue weighted by Crippen LogP contribution is 2.31. The van der Waals surface area contributed by atoms with Crippen LogP contribution >= 0.6 is 11.6 Å². The average Bonchev–Trinajstić information content (AvgIpc) is 2.17. The summed E-state index contributed by atoms with van der Waals surface area (Å²) in [5, 5.41) is 0. The van der Waals surface area contributed by atoms with Crippen molar-refractivity contribution in [3.63, 3.8) is 0 Å². The third-order valence-electron chi connectivity index (χ3n) is 2.01. The molecule has 3 heteroatoms. The summed E-state index contributed by atoms with van der Waals surface area (Å²) >= 11 is 5.76. The van der Waals surface area contributed by atoms with Gasteiger partial charge in [0.05, 0.1) is 20.1 Å². The van der Waals surface area contributed by atoms with Crippen LogP contribution in [-0.2, 0) is 5.88 Å². The van der Waals surface area contributed by atoms with Crippen molar-refractivity contribution in [3.8, 4) is 11.5 Å². The van der Waals surface area contributed by atoms with Gasteiger partial charge in [-0.2, -0.15) is 0 Å². The molecule has 0 fully saturated rings. The van der Waals surface area contributed by atoms with Gasteiger partial charge in [0.1, 0.15) is 11.5 Å². The summed E-state index contributed by atoms with van der Waals surface area (Å²) in [5.41, 5.74) is 1.98. The number of hydrogen-bond donors (Lipinski definition) is 0. The van der Waals surface area contributed by atoms with Crippen molar-refractivity contribution < 1.29 is 9.47 Å². The summed E-state index contributed by atoms with van der Waals surface area (Å²) in [5.74, 6) is 2.09. The van der Waals surface area contributed by atoms with E-state index in [2.05, 4.69) is 0 Å². The van der Waals surface area contributed by atoms with Crippen LogP contribution in [0.5, 0.6) is 11.5 Å². The van der Waals surface area contributed by atoms with Gasteiger partial charge in [-0.3, -0.25) is 0 Å². The van der Waals surface area contributed by atoms with Crippen LogP contribution in [0.15, 0.2) is 12.1 Å². The maximum absolute atomic E-state index is 5.76. The molecule has 0 atom stereocenters. The quantitative estimate of drug-likeness (QED) is 0.699. The summed E-state index contributed by atoms with van der Waals surface area (Å²) in [6, 6.07) is 3.81. The Hall–Kier alpha value is -0.890. The molecule has 0 aliphatic rings. The van der Waals surface area contributed by atoms with Crippen molar-refractivity contribution in [1.82, 2.24) is 0 Å². The Morgan fingerprint density at radius 2 is 1.92 bits per heavy atom. The predicted molar refractivity (Wildman–Crippen MR) is 53.8 cm³/mol. The summed E-state index contributed by atoms with van der Waals surface area (Å²) in [4.78, 5) is 0. The second-order valence-corrected chi connectivity index (χ2v) is 2.99. The van der Waals surface area contributed by atoms with Crippen LogP contribution in [0.3, 0.4) is 0 Å². The number of methoxy groups -OCH3 is 2. The molecule has 0 aliphatic heterocycles. The number of benzene rings is 1. The van der Waals surface area contributed by atoms with E-state index in [0.717, 1.165) is 22.6 Å². The molecule has 0 spiro atoms. The van der Waals surface area contributed by atoms with E-state index in [1.807, 2.05) is 19.1 Å². The molecule has 0 aromatic heterocycles. The molecule has 13 heavy (non-hydrogen) atoms. The fourth-order valence-electron chi connectivity index (χ4n) is 1.34. The molecule has 0 radical (unpaired) electrons. The van der Waals surface area contributed by atoms with Crippen LogP contribution in [0.1, 0.15) is 11.1 Å². The Morgan fingerprint density at radius 3 is 2.38 bits per heavy atom. The lowest BCUT2D eigenvalue weighted by molar-refractivity contribution is 0.386. The van der Waals surface area contributed by atoms with E-state index < -0.39 is 0 Å². The predicted octanol–water partition coefficient (Wildman–Crippen LogP) is 2.75. The minimum absolute atomic E-state index is 0.452. The molecule has 1 rings (SSSR count). The SMILES string of the molecule is COc1ccc(CCl)c(OC)c1C. The lowest BCUT2D eigenvalue weighted by atomic mass is 10.1. The fraction of sp³-hybridized carbons (Fsp3) is 0.400. The maximum atomic E-state index is 5.76. The lowest BCUT2D eigenvalue weighted by Gasteiger charge is -2.12. The van der Waals surface area contributed by atoms with Gasteiger partial charge in [-0.25, -0.2) is 0 Å². The van der Waals surface area contributed by atoms with Crippen LogP contribution in [-0.4, -0.2) is 14.2 Å². The summed E-state index contributed by atoms with van der Waals surface area (Å²) in [7, 11) is 3.28. The van der Waals surface area contributed by atoms with Gasteiger partial charge < -0.3 is 9.47 Å². The highest BCUT2D eigenvalue weighted by molar-refractivity contribution is 6.17. The Morgan fingerprint density at radius 1 is 1.23 bits per heavy atom. The zero-order valence-electron chi connectivity index (χ0n) is 8.06. The summed E-state index contributed by atoms with van der Waals surface area (Å²) in [6.45, 7) is 1.95. The van der Waals surface area contributed by atoms with Crippen LogP contribution < -0.4 is 9.47 Å². The highest BCUT2D eigenvalue weighted by atomic mass is 35.5. The maximum Gasteiger partial charge on any atom is 0.129 e. The molecule has 0 N–H and O–H groups in total. The molecule has 0 heterocycles. The minimum atomic E-state index is 0.452. The second-order valence-electron chi connectivity index (χ2n) is 2.72. The van der Waals surface area contributed by atoms with E-state index in [-0.39, 0.29) is 0 Å². The van der Waals surface area contributed by atoms with E-state index in [9.17, 15) is 0 Å². The molecule has 0 saturated carbocycles. The van der Waals surface area contributed by atoms with Crippen LogP contribution in [0.25, 0.3) is 0 Å². The fourth-order valence-corrected chi connectivity index (χ4v) is 1.55. The summed E-state index contributed by atoms with van der Waals surface area (Å²) in [6.07, 6.45) is 0. The van der Waals surface area contributed by atoms with Crippen molar-refractivity contribution >= 4 is 11.6 Å². The molecule has 0 aliphatic carbocycles. The van der Waals surface area contributed by atoms with Gasteiger partial charge >= 0.3 is 0 Å². The molecule has 0 amide bonds. The topological polar surface area (TPSA) is 18.5 Å². The van der Waals surface area contributed by atoms with Crippen molar-refractivity contribution in [3.05, 3.63) is 23.3 Å². The second kappa shape index (κ2) is 4.38. The van der Waals surface area contributed by atoms with E-state index in [0.29, 0.717) is 5.88 Å². The van der Waals surface area contributed by atoms with Gasteiger partial charge in [-0.15, -0.1) is 11.6 Å². The first-order valence-electron chi connectivity index (χ1n) is 4.01. The molecule has 0 saturated heterocycles. The van der Waals surface area contributed by atoms with Crippen LogP contribution in [0.2, 0.25) is 0 Å². The standard InChI is InChI=1S/C10H13ClO2/c1-7-9(12-2)5-4-8(6-11)10(7)13-3/h4-5H,6H2,1-3H3. The molecule has 0 bridgehead atoms. The van der Waals surface area contributed by atoms with Gasteiger partial charge in [-0.05, 0) is 13.0 Å². The minimum Gasteiger partial charge on any atom is -0.496 e. The normalized spacial score (nSPS) is 9.85. The van der Waals surface area contributed by atoms with E-state index in [4.69, 9.17) is 21.1 Å². The van der Waals surface area contributed by atoms with Gasteiger partial charge in [0.2, 0.25) is 0 Å². The average molecular weight is 201 g/mol. The first-order chi connectivity index (χ1) is 6.24. The first-order valence-corrected chi connectivity index (χ1v) is 4.54. The van der Waals surface area contributed by atoms with E-state index in [1.165, 1.54) is 0 Å². The first kappa shape index (κ1) is 10.2. The van der Waals surface area contributed by atoms with Crippen molar-refractivity contribution in [2.75, 3.05) is 14.2 Å². The molecule has 1 aromatic carbocycles. The molecule has 72 valence electrons. The number of ether oxygens (including phenoxy) is 2. The zero-order valence-corrected chi connectivity index (χ0v) is 8.81. The van der Waals surface area contributed by atoms with Crippen molar-refractivity contribution in [1.29, 1.82) is 0 Å². The lowest BCUT2D eigenvalue weighted by Crippen LogP contribution is -1.95. The van der Waals surface area contributed by atoms with Gasteiger partial charge in [0.15, 0.2) is 0 Å². The van der Waals surface area contributed by atoms with Gasteiger partial charge in [-0.1, -0.05) is 6.07 Å². The third-order valence-corrected chi connectivity index (χ3v) is 2.29. The van der Waals surface area contributed by atoms with Crippen LogP contribution in [0, 0.1) is 6.92 Å². The molecular formula is C10H13ClO2. The monoisotopic (exact) mass is 200 g/mol. The summed E-state index contributed by atoms with van der Waals surface area (Å²) < 4.78 is 10.4. The van der Waals surface area contributed by atoms with Crippen LogP contribution in [0.4, 0.5) is 0 Å². The highest BCUT2D eigenvalue weighted by Gasteiger charge is 2.09. The van der Waals surface area contributed by atoms with E-state index >= 15 is 0 Å². The number of alkyl halides is 1. The Balaban J connectivity index is 3.23.